The molecule has 10 heteroatoms. The molecule has 0 aromatic heterocycles. The van der Waals surface area contributed by atoms with Crippen LogP contribution in [0.1, 0.15) is 16.8 Å². The summed E-state index contributed by atoms with van der Waals surface area (Å²) in [6.45, 7) is 0. The van der Waals surface area contributed by atoms with Crippen molar-refractivity contribution >= 4 is 44.8 Å². The fourth-order valence-corrected chi connectivity index (χ4v) is 4.60. The number of rotatable bonds is 4. The van der Waals surface area contributed by atoms with Gasteiger partial charge in [0, 0.05) is 23.0 Å². The summed E-state index contributed by atoms with van der Waals surface area (Å²) in [6, 6.07) is 9.03. The first-order valence-corrected chi connectivity index (χ1v) is 10.6. The Balaban J connectivity index is 1.56. The van der Waals surface area contributed by atoms with E-state index in [0.717, 1.165) is 6.07 Å². The molecule has 1 aliphatic heterocycles. The van der Waals surface area contributed by atoms with Gasteiger partial charge in [-0.15, -0.1) is 0 Å². The van der Waals surface area contributed by atoms with Crippen LogP contribution in [0.3, 0.4) is 0 Å². The van der Waals surface area contributed by atoms with Crippen molar-refractivity contribution in [2.24, 2.45) is 0 Å². The van der Waals surface area contributed by atoms with Gasteiger partial charge >= 0.3 is 6.03 Å². The largest absolute Gasteiger partial charge is 0.334 e. The zero-order valence-electron chi connectivity index (χ0n) is 14.5. The predicted molar refractivity (Wildman–Crippen MR) is 105 cm³/mol. The Labute approximate surface area is 166 Å². The molecule has 2 aromatic rings. The molecule has 1 atom stereocenters. The second kappa shape index (κ2) is 8.15. The smallest absolute Gasteiger partial charge is 0.319 e. The monoisotopic (exact) mass is 425 g/mol. The second-order valence-electron chi connectivity index (χ2n) is 6.36. The van der Waals surface area contributed by atoms with E-state index in [9.17, 15) is 22.4 Å². The molecular weight excluding hydrogens is 409 g/mol. The van der Waals surface area contributed by atoms with E-state index in [-0.39, 0.29) is 16.5 Å². The summed E-state index contributed by atoms with van der Waals surface area (Å²) in [6.07, 6.45) is 0.391. The summed E-state index contributed by atoms with van der Waals surface area (Å²) in [5.41, 5.74) is 1.12. The van der Waals surface area contributed by atoms with Gasteiger partial charge in [0.15, 0.2) is 9.84 Å². The molecule has 7 nitrogen and oxygen atoms in total. The molecule has 28 heavy (non-hydrogen) atoms. The van der Waals surface area contributed by atoms with Crippen molar-refractivity contribution in [2.45, 2.75) is 12.5 Å². The van der Waals surface area contributed by atoms with Gasteiger partial charge in [0.1, 0.15) is 5.82 Å². The third-order valence-electron chi connectivity index (χ3n) is 4.15. The Hall–Kier alpha value is -2.65. The summed E-state index contributed by atoms with van der Waals surface area (Å²) in [5, 5.41) is 7.70. The summed E-state index contributed by atoms with van der Waals surface area (Å²) in [4.78, 5) is 24.2. The van der Waals surface area contributed by atoms with Gasteiger partial charge in [0.25, 0.3) is 5.91 Å². The number of nitrogens with one attached hydrogen (secondary N) is 3. The van der Waals surface area contributed by atoms with Crippen molar-refractivity contribution in [1.82, 2.24) is 5.32 Å². The van der Waals surface area contributed by atoms with Crippen LogP contribution in [0.2, 0.25) is 5.02 Å². The summed E-state index contributed by atoms with van der Waals surface area (Å²) in [5.74, 6) is -0.994. The molecule has 1 heterocycles. The molecule has 1 saturated heterocycles. The molecule has 0 saturated carbocycles. The highest BCUT2D eigenvalue weighted by molar-refractivity contribution is 7.91. The SMILES string of the molecule is O=C(Nc1ccc(C(=O)Nc2ccc(F)c(Cl)c2)cc1)NC1CCS(=O)(=O)C1. The van der Waals surface area contributed by atoms with Gasteiger partial charge in [-0.3, -0.25) is 4.79 Å². The number of carbonyl (C=O) groups is 2. The van der Waals surface area contributed by atoms with Crippen molar-refractivity contribution in [3.63, 3.8) is 0 Å². The number of hydrogen-bond acceptors (Lipinski definition) is 4. The number of sulfone groups is 1. The predicted octanol–water partition coefficient (Wildman–Crippen LogP) is 3.04. The topological polar surface area (TPSA) is 104 Å². The van der Waals surface area contributed by atoms with Crippen LogP contribution in [-0.4, -0.2) is 37.9 Å². The van der Waals surface area contributed by atoms with Crippen LogP contribution in [0, 0.1) is 5.82 Å². The van der Waals surface area contributed by atoms with Crippen LogP contribution in [0.25, 0.3) is 0 Å². The van der Waals surface area contributed by atoms with Gasteiger partial charge in [-0.1, -0.05) is 11.6 Å². The van der Waals surface area contributed by atoms with Crippen LogP contribution in [-0.2, 0) is 9.84 Å². The highest BCUT2D eigenvalue weighted by atomic mass is 35.5. The van der Waals surface area contributed by atoms with Gasteiger partial charge in [0.05, 0.1) is 16.5 Å². The average molecular weight is 426 g/mol. The highest BCUT2D eigenvalue weighted by Crippen LogP contribution is 2.20. The van der Waals surface area contributed by atoms with Crippen molar-refractivity contribution < 1.29 is 22.4 Å². The number of urea groups is 1. The van der Waals surface area contributed by atoms with E-state index in [1.54, 1.807) is 0 Å². The van der Waals surface area contributed by atoms with E-state index >= 15 is 0 Å². The molecule has 1 unspecified atom stereocenters. The van der Waals surface area contributed by atoms with Crippen LogP contribution >= 0.6 is 11.6 Å². The van der Waals surface area contributed by atoms with Crippen LogP contribution in [0.15, 0.2) is 42.5 Å². The van der Waals surface area contributed by atoms with Crippen LogP contribution < -0.4 is 16.0 Å². The first-order valence-electron chi connectivity index (χ1n) is 8.36. The molecule has 148 valence electrons. The number of hydrogen-bond donors (Lipinski definition) is 3. The van der Waals surface area contributed by atoms with E-state index in [1.807, 2.05) is 0 Å². The van der Waals surface area contributed by atoms with Gasteiger partial charge in [0.2, 0.25) is 0 Å². The maximum atomic E-state index is 13.2. The lowest BCUT2D eigenvalue weighted by Crippen LogP contribution is -2.38. The van der Waals surface area contributed by atoms with Crippen LogP contribution in [0.4, 0.5) is 20.6 Å². The van der Waals surface area contributed by atoms with Gasteiger partial charge in [-0.2, -0.15) is 0 Å². The van der Waals surface area contributed by atoms with E-state index in [2.05, 4.69) is 16.0 Å². The quantitative estimate of drug-likeness (QED) is 0.700. The summed E-state index contributed by atoms with van der Waals surface area (Å²) < 4.78 is 36.0. The van der Waals surface area contributed by atoms with Gasteiger partial charge < -0.3 is 16.0 Å². The van der Waals surface area contributed by atoms with Crippen molar-refractivity contribution in [2.75, 3.05) is 22.1 Å². The number of carbonyl (C=O) groups excluding carboxylic acids is 2. The molecule has 3 rings (SSSR count). The van der Waals surface area contributed by atoms with Gasteiger partial charge in [-0.25, -0.2) is 17.6 Å². The second-order valence-corrected chi connectivity index (χ2v) is 8.99. The Kier molecular flexibility index (Phi) is 5.85. The Morgan fingerprint density at radius 1 is 1.04 bits per heavy atom. The fourth-order valence-electron chi connectivity index (χ4n) is 2.74. The van der Waals surface area contributed by atoms with E-state index < -0.39 is 33.6 Å². The van der Waals surface area contributed by atoms with E-state index in [1.165, 1.54) is 36.4 Å². The van der Waals surface area contributed by atoms with Crippen molar-refractivity contribution in [3.8, 4) is 0 Å². The highest BCUT2D eigenvalue weighted by Gasteiger charge is 2.28. The van der Waals surface area contributed by atoms with Crippen molar-refractivity contribution in [3.05, 3.63) is 58.9 Å². The molecule has 3 N–H and O–H groups in total. The molecule has 1 aliphatic rings. The van der Waals surface area contributed by atoms with Crippen molar-refractivity contribution in [1.29, 1.82) is 0 Å². The zero-order valence-corrected chi connectivity index (χ0v) is 16.1. The normalized spacial score (nSPS) is 17.7. The summed E-state index contributed by atoms with van der Waals surface area (Å²) >= 11 is 5.68. The number of anilines is 2. The fraction of sp³-hybridized carbons (Fsp3) is 0.222. The minimum Gasteiger partial charge on any atom is -0.334 e. The first kappa shape index (κ1) is 20.1. The maximum Gasteiger partial charge on any atom is 0.319 e. The molecule has 0 aliphatic carbocycles. The molecule has 0 bridgehead atoms. The molecule has 3 amide bonds. The number of halogens is 2. The average Bonchev–Trinajstić information content (AvgIpc) is 2.97. The molecule has 0 radical (unpaired) electrons. The molecule has 1 fully saturated rings. The Morgan fingerprint density at radius 3 is 2.32 bits per heavy atom. The number of benzene rings is 2. The van der Waals surface area contributed by atoms with Crippen LogP contribution in [0.5, 0.6) is 0 Å². The Morgan fingerprint density at radius 2 is 1.71 bits per heavy atom. The van der Waals surface area contributed by atoms with E-state index in [4.69, 9.17) is 11.6 Å². The Bertz CT molecular complexity index is 1010. The van der Waals surface area contributed by atoms with Gasteiger partial charge in [-0.05, 0) is 48.9 Å². The minimum atomic E-state index is -3.08. The lowest BCUT2D eigenvalue weighted by molar-refractivity contribution is 0.102. The molecular formula is C18H17ClFN3O4S. The standard InChI is InChI=1S/C18H17ClFN3O4S/c19-15-9-13(5-6-16(15)20)21-17(24)11-1-3-12(4-2-11)22-18(25)23-14-7-8-28(26,27)10-14/h1-6,9,14H,7-8,10H2,(H,21,24)(H2,22,23,25). The lowest BCUT2D eigenvalue weighted by Gasteiger charge is -2.12. The minimum absolute atomic E-state index is 0.0626. The molecule has 2 aromatic carbocycles. The molecule has 0 spiro atoms. The maximum absolute atomic E-state index is 13.2. The lowest BCUT2D eigenvalue weighted by atomic mass is 10.2. The third kappa shape index (κ3) is 5.20. The zero-order chi connectivity index (χ0) is 20.3. The third-order valence-corrected chi connectivity index (χ3v) is 6.21. The number of amides is 3. The first-order chi connectivity index (χ1) is 13.2. The summed E-state index contributed by atoms with van der Waals surface area (Å²) in [7, 11) is -3.08. The van der Waals surface area contributed by atoms with E-state index in [0.29, 0.717) is 23.4 Å².